The molecule has 0 bridgehead atoms. The van der Waals surface area contributed by atoms with E-state index >= 15 is 0 Å². The molecule has 36 heavy (non-hydrogen) atoms. The highest BCUT2D eigenvalue weighted by molar-refractivity contribution is 8.00. The van der Waals surface area contributed by atoms with Crippen LogP contribution in [0.5, 0.6) is 0 Å². The van der Waals surface area contributed by atoms with Gasteiger partial charge in [0.2, 0.25) is 5.91 Å². The quantitative estimate of drug-likeness (QED) is 0.436. The maximum absolute atomic E-state index is 13.6. The zero-order valence-corrected chi connectivity index (χ0v) is 23.8. The van der Waals surface area contributed by atoms with Gasteiger partial charge in [0.05, 0.1) is 0 Å². The zero-order valence-electron chi connectivity index (χ0n) is 23.0. The fourth-order valence-corrected chi connectivity index (χ4v) is 6.44. The lowest BCUT2D eigenvalue weighted by atomic mass is 9.91. The average Bonchev–Trinajstić information content (AvgIpc) is 2.83. The third-order valence-electron chi connectivity index (χ3n) is 7.22. The van der Waals surface area contributed by atoms with Crippen molar-refractivity contribution < 1.29 is 14.3 Å². The second-order valence-corrected chi connectivity index (χ2v) is 13.7. The maximum atomic E-state index is 13.6. The first-order valence-electron chi connectivity index (χ1n) is 13.7. The van der Waals surface area contributed by atoms with Crippen molar-refractivity contribution in [1.82, 2.24) is 15.5 Å². The van der Waals surface area contributed by atoms with Crippen LogP contribution in [0.4, 0.5) is 4.79 Å². The Balaban J connectivity index is 1.58. The molecule has 1 aromatic rings. The SMILES string of the molecule is CC(C)(C)OC(=O)N[C@H](C(=O)NC1CCN(Cc2ccccc2)CC1)C(C)(C)SCC1CCCCC1. The van der Waals surface area contributed by atoms with Gasteiger partial charge in [-0.1, -0.05) is 49.6 Å². The molecule has 2 fully saturated rings. The summed E-state index contributed by atoms with van der Waals surface area (Å²) in [5.41, 5.74) is 0.703. The van der Waals surface area contributed by atoms with Gasteiger partial charge < -0.3 is 15.4 Å². The molecule has 1 heterocycles. The lowest BCUT2D eigenvalue weighted by Gasteiger charge is -2.37. The number of thioether (sulfide) groups is 1. The van der Waals surface area contributed by atoms with Crippen LogP contribution < -0.4 is 10.6 Å². The van der Waals surface area contributed by atoms with Crippen molar-refractivity contribution in [2.45, 2.75) is 109 Å². The normalized spacial score (nSPS) is 19.5. The molecule has 0 unspecified atom stereocenters. The number of nitrogens with zero attached hydrogens (tertiary/aromatic N) is 1. The molecule has 1 saturated carbocycles. The average molecular weight is 518 g/mol. The molecular weight excluding hydrogens is 470 g/mol. The summed E-state index contributed by atoms with van der Waals surface area (Å²) in [6.07, 6.45) is 7.75. The topological polar surface area (TPSA) is 70.7 Å². The molecule has 1 atom stereocenters. The van der Waals surface area contributed by atoms with Gasteiger partial charge in [0.25, 0.3) is 0 Å². The second kappa shape index (κ2) is 13.2. The minimum absolute atomic E-state index is 0.108. The van der Waals surface area contributed by atoms with E-state index < -0.39 is 22.5 Å². The molecule has 2 aliphatic rings. The molecule has 0 spiro atoms. The first kappa shape index (κ1) is 28.8. The van der Waals surface area contributed by atoms with Gasteiger partial charge >= 0.3 is 6.09 Å². The van der Waals surface area contributed by atoms with Crippen molar-refractivity contribution in [3.8, 4) is 0 Å². The Labute approximate surface area is 222 Å². The van der Waals surface area contributed by atoms with E-state index in [-0.39, 0.29) is 11.9 Å². The molecule has 1 aliphatic heterocycles. The summed E-state index contributed by atoms with van der Waals surface area (Å²) < 4.78 is 5.07. The molecular formula is C29H47N3O3S. The molecule has 7 heteroatoms. The van der Waals surface area contributed by atoms with Crippen LogP contribution in [0.25, 0.3) is 0 Å². The molecule has 3 rings (SSSR count). The first-order valence-corrected chi connectivity index (χ1v) is 14.7. The fraction of sp³-hybridized carbons (Fsp3) is 0.724. The predicted molar refractivity (Wildman–Crippen MR) is 149 cm³/mol. The van der Waals surface area contributed by atoms with E-state index in [1.165, 1.54) is 37.7 Å². The van der Waals surface area contributed by atoms with E-state index in [0.717, 1.165) is 38.2 Å². The third kappa shape index (κ3) is 9.62. The van der Waals surface area contributed by atoms with Crippen LogP contribution in [-0.4, -0.2) is 58.2 Å². The molecule has 1 aromatic carbocycles. The van der Waals surface area contributed by atoms with E-state index in [4.69, 9.17) is 4.74 Å². The largest absolute Gasteiger partial charge is 0.444 e. The van der Waals surface area contributed by atoms with Crippen molar-refractivity contribution in [3.63, 3.8) is 0 Å². The van der Waals surface area contributed by atoms with Gasteiger partial charge in [-0.25, -0.2) is 4.79 Å². The standard InChI is InChI=1S/C29H47N3O3S/c1-28(2,3)35-27(34)31-25(29(4,5)36-21-23-14-10-7-11-15-23)26(33)30-24-16-18-32(19-17-24)20-22-12-8-6-9-13-22/h6,8-9,12-13,23-25H,7,10-11,14-21H2,1-5H3,(H,30,33)(H,31,34)/t25-/m1/s1. The number of piperidine rings is 1. The van der Waals surface area contributed by atoms with Crippen molar-refractivity contribution >= 4 is 23.8 Å². The highest BCUT2D eigenvalue weighted by Crippen LogP contribution is 2.35. The molecule has 1 saturated heterocycles. The van der Waals surface area contributed by atoms with Crippen molar-refractivity contribution in [3.05, 3.63) is 35.9 Å². The molecule has 1 aliphatic carbocycles. The summed E-state index contributed by atoms with van der Waals surface area (Å²) in [4.78, 5) is 28.7. The highest BCUT2D eigenvalue weighted by atomic mass is 32.2. The highest BCUT2D eigenvalue weighted by Gasteiger charge is 2.39. The number of benzene rings is 1. The van der Waals surface area contributed by atoms with Crippen molar-refractivity contribution in [2.75, 3.05) is 18.8 Å². The zero-order chi connectivity index (χ0) is 26.2. The number of hydrogen-bond acceptors (Lipinski definition) is 5. The Morgan fingerprint density at radius 2 is 1.64 bits per heavy atom. The van der Waals surface area contributed by atoms with E-state index in [1.807, 2.05) is 26.8 Å². The number of ether oxygens (including phenoxy) is 1. The van der Waals surface area contributed by atoms with Gasteiger partial charge in [-0.05, 0) is 77.5 Å². The van der Waals surface area contributed by atoms with Gasteiger partial charge in [0, 0.05) is 30.4 Å². The van der Waals surface area contributed by atoms with Gasteiger partial charge in [0.15, 0.2) is 0 Å². The number of amides is 2. The minimum Gasteiger partial charge on any atom is -0.444 e. The van der Waals surface area contributed by atoms with Crippen LogP contribution in [-0.2, 0) is 16.1 Å². The Hall–Kier alpha value is -1.73. The molecule has 0 radical (unpaired) electrons. The third-order valence-corrected chi connectivity index (χ3v) is 8.84. The summed E-state index contributed by atoms with van der Waals surface area (Å²) in [5.74, 6) is 1.61. The van der Waals surface area contributed by atoms with Crippen LogP contribution >= 0.6 is 11.8 Å². The van der Waals surface area contributed by atoms with E-state index in [1.54, 1.807) is 11.8 Å². The number of rotatable bonds is 9. The molecule has 202 valence electrons. The Morgan fingerprint density at radius 1 is 1.00 bits per heavy atom. The van der Waals surface area contributed by atoms with Gasteiger partial charge in [-0.15, -0.1) is 0 Å². The monoisotopic (exact) mass is 517 g/mol. The second-order valence-electron chi connectivity index (χ2n) is 12.0. The van der Waals surface area contributed by atoms with Crippen molar-refractivity contribution in [1.29, 1.82) is 0 Å². The van der Waals surface area contributed by atoms with Crippen LogP contribution in [0.2, 0.25) is 0 Å². The first-order chi connectivity index (χ1) is 17.0. The molecule has 0 aromatic heterocycles. The lowest BCUT2D eigenvalue weighted by Crippen LogP contribution is -2.59. The summed E-state index contributed by atoms with van der Waals surface area (Å²) in [7, 11) is 0. The van der Waals surface area contributed by atoms with Gasteiger partial charge in [0.1, 0.15) is 11.6 Å². The fourth-order valence-electron chi connectivity index (χ4n) is 5.11. The number of nitrogens with one attached hydrogen (secondary N) is 2. The van der Waals surface area contributed by atoms with Crippen LogP contribution in [0.15, 0.2) is 30.3 Å². The van der Waals surface area contributed by atoms with E-state index in [0.29, 0.717) is 5.92 Å². The summed E-state index contributed by atoms with van der Waals surface area (Å²) >= 11 is 1.81. The summed E-state index contributed by atoms with van der Waals surface area (Å²) in [6, 6.07) is 9.97. The summed E-state index contributed by atoms with van der Waals surface area (Å²) in [5, 5.41) is 6.19. The summed E-state index contributed by atoms with van der Waals surface area (Å²) in [6.45, 7) is 12.5. The van der Waals surface area contributed by atoms with Crippen LogP contribution in [0.3, 0.4) is 0 Å². The van der Waals surface area contributed by atoms with Gasteiger partial charge in [-0.3, -0.25) is 9.69 Å². The Kier molecular flexibility index (Phi) is 10.6. The van der Waals surface area contributed by atoms with Crippen LogP contribution in [0.1, 0.15) is 85.1 Å². The molecule has 6 nitrogen and oxygen atoms in total. The maximum Gasteiger partial charge on any atom is 0.408 e. The Morgan fingerprint density at radius 3 is 2.25 bits per heavy atom. The Bertz CT molecular complexity index is 826. The number of alkyl carbamates (subject to hydrolysis) is 1. The minimum atomic E-state index is -0.664. The lowest BCUT2D eigenvalue weighted by molar-refractivity contribution is -0.124. The smallest absolute Gasteiger partial charge is 0.408 e. The predicted octanol–water partition coefficient (Wildman–Crippen LogP) is 5.75. The number of carbonyl (C=O) groups is 2. The molecule has 2 N–H and O–H groups in total. The number of carbonyl (C=O) groups excluding carboxylic acids is 2. The molecule has 2 amide bonds. The van der Waals surface area contributed by atoms with E-state index in [2.05, 4.69) is 53.6 Å². The number of hydrogen-bond donors (Lipinski definition) is 2. The van der Waals surface area contributed by atoms with Crippen molar-refractivity contribution in [2.24, 2.45) is 5.92 Å². The van der Waals surface area contributed by atoms with E-state index in [9.17, 15) is 9.59 Å². The van der Waals surface area contributed by atoms with Gasteiger partial charge in [-0.2, -0.15) is 11.8 Å². The van der Waals surface area contributed by atoms with Crippen LogP contribution in [0, 0.1) is 5.92 Å². The number of likely N-dealkylation sites (tertiary alicyclic amines) is 1.